The van der Waals surface area contributed by atoms with Crippen molar-refractivity contribution >= 4 is 27.9 Å². The lowest BCUT2D eigenvalue weighted by Gasteiger charge is -2.05. The second-order valence-electron chi connectivity index (χ2n) is 2.37. The maximum Gasteiger partial charge on any atom is 0.124 e. The van der Waals surface area contributed by atoms with Gasteiger partial charge >= 0.3 is 0 Å². The number of hydrogen-bond donors (Lipinski definition) is 1. The van der Waals surface area contributed by atoms with E-state index >= 15 is 0 Å². The molecule has 0 aromatic carbocycles. The van der Waals surface area contributed by atoms with E-state index in [0.717, 1.165) is 28.8 Å². The van der Waals surface area contributed by atoms with Gasteiger partial charge in [-0.15, -0.1) is 0 Å². The number of aliphatic imine (C=N–C) groups is 1. The van der Waals surface area contributed by atoms with Gasteiger partial charge in [-0.3, -0.25) is 4.99 Å². The Morgan fingerprint density at radius 1 is 1.82 bits per heavy atom. The third kappa shape index (κ3) is 3.49. The lowest BCUT2D eigenvalue weighted by molar-refractivity contribution is 0.195. The molecule has 0 fully saturated rings. The minimum absolute atomic E-state index is 0.163. The Morgan fingerprint density at radius 3 is 3.18 bits per heavy atom. The average molecular weight is 191 g/mol. The normalized spacial score (nSPS) is 20.0. The van der Waals surface area contributed by atoms with Crippen LogP contribution in [0.2, 0.25) is 0 Å². The molecular formula is C7H13NOS2. The zero-order valence-corrected chi connectivity index (χ0v) is 8.25. The number of aliphatic hydroxyl groups is 1. The summed E-state index contributed by atoms with van der Waals surface area (Å²) >= 11 is 3.48. The van der Waals surface area contributed by atoms with Gasteiger partial charge in [0.25, 0.3) is 0 Å². The minimum Gasteiger partial charge on any atom is -0.392 e. The van der Waals surface area contributed by atoms with Gasteiger partial charge in [0.15, 0.2) is 0 Å². The maximum absolute atomic E-state index is 9.23. The average Bonchev–Trinajstić information content (AvgIpc) is 2.52. The molecule has 0 aromatic heterocycles. The van der Waals surface area contributed by atoms with Gasteiger partial charge in [0.1, 0.15) is 4.38 Å². The highest BCUT2D eigenvalue weighted by Crippen LogP contribution is 2.22. The van der Waals surface area contributed by atoms with E-state index in [4.69, 9.17) is 0 Å². The monoisotopic (exact) mass is 191 g/mol. The number of aliphatic hydroxyl groups excluding tert-OH is 1. The summed E-state index contributed by atoms with van der Waals surface area (Å²) in [6.07, 6.45) is 0.675. The van der Waals surface area contributed by atoms with Crippen molar-refractivity contribution in [2.24, 2.45) is 4.99 Å². The van der Waals surface area contributed by atoms with Crippen LogP contribution in [-0.4, -0.2) is 33.6 Å². The summed E-state index contributed by atoms with van der Waals surface area (Å²) in [7, 11) is 0. The first-order chi connectivity index (χ1) is 5.33. The lowest BCUT2D eigenvalue weighted by Crippen LogP contribution is -2.08. The van der Waals surface area contributed by atoms with Gasteiger partial charge in [0, 0.05) is 11.5 Å². The zero-order valence-electron chi connectivity index (χ0n) is 6.62. The molecule has 0 spiro atoms. The molecule has 2 nitrogen and oxygen atoms in total. The van der Waals surface area contributed by atoms with Crippen LogP contribution in [0.1, 0.15) is 13.3 Å². The molecule has 64 valence electrons. The summed E-state index contributed by atoms with van der Waals surface area (Å²) in [4.78, 5) is 4.27. The smallest absolute Gasteiger partial charge is 0.124 e. The molecule has 1 N–H and O–H groups in total. The molecule has 1 unspecified atom stereocenters. The SMILES string of the molecule is CCC(O)CSC1=NCCS1. The molecule has 0 amide bonds. The zero-order chi connectivity index (χ0) is 8.10. The second kappa shape index (κ2) is 5.06. The van der Waals surface area contributed by atoms with Gasteiger partial charge in [-0.2, -0.15) is 0 Å². The molecule has 1 aliphatic heterocycles. The Labute approximate surface area is 75.9 Å². The Morgan fingerprint density at radius 2 is 2.64 bits per heavy atom. The fraction of sp³-hybridized carbons (Fsp3) is 0.857. The Bertz CT molecular complexity index is 149. The van der Waals surface area contributed by atoms with Crippen LogP contribution in [0.5, 0.6) is 0 Å². The molecule has 1 aliphatic rings. The number of hydrogen-bond acceptors (Lipinski definition) is 4. The van der Waals surface area contributed by atoms with Gasteiger partial charge in [0.2, 0.25) is 0 Å². The van der Waals surface area contributed by atoms with Crippen LogP contribution in [0.25, 0.3) is 0 Å². The molecule has 1 atom stereocenters. The third-order valence-corrected chi connectivity index (χ3v) is 3.83. The summed E-state index contributed by atoms with van der Waals surface area (Å²) < 4.78 is 1.15. The first-order valence-corrected chi connectivity index (χ1v) is 5.78. The topological polar surface area (TPSA) is 32.6 Å². The summed E-state index contributed by atoms with van der Waals surface area (Å²) in [6, 6.07) is 0. The highest BCUT2D eigenvalue weighted by molar-refractivity contribution is 8.39. The molecule has 0 aliphatic carbocycles. The Hall–Kier alpha value is 0.330. The predicted molar refractivity (Wildman–Crippen MR) is 53.5 cm³/mol. The standard InChI is InChI=1S/C7H13NOS2/c1-2-6(9)5-11-7-8-3-4-10-7/h6,9H,2-5H2,1H3. The highest BCUT2D eigenvalue weighted by Gasteiger charge is 2.09. The van der Waals surface area contributed by atoms with E-state index in [1.54, 1.807) is 23.5 Å². The van der Waals surface area contributed by atoms with Crippen molar-refractivity contribution < 1.29 is 5.11 Å². The molecule has 0 aromatic rings. The van der Waals surface area contributed by atoms with Gasteiger partial charge in [-0.1, -0.05) is 30.4 Å². The largest absolute Gasteiger partial charge is 0.392 e. The summed E-state index contributed by atoms with van der Waals surface area (Å²) in [5.41, 5.74) is 0. The van der Waals surface area contributed by atoms with Crippen molar-refractivity contribution in [3.05, 3.63) is 0 Å². The number of rotatable bonds is 3. The van der Waals surface area contributed by atoms with Crippen molar-refractivity contribution in [3.63, 3.8) is 0 Å². The summed E-state index contributed by atoms with van der Waals surface area (Å²) in [6.45, 7) is 2.95. The molecule has 0 radical (unpaired) electrons. The van der Waals surface area contributed by atoms with Crippen molar-refractivity contribution in [3.8, 4) is 0 Å². The van der Waals surface area contributed by atoms with Crippen molar-refractivity contribution in [2.45, 2.75) is 19.4 Å². The lowest BCUT2D eigenvalue weighted by atomic mass is 10.3. The number of thioether (sulfide) groups is 2. The fourth-order valence-electron chi connectivity index (χ4n) is 0.688. The van der Waals surface area contributed by atoms with Crippen LogP contribution in [0.15, 0.2) is 4.99 Å². The Balaban J connectivity index is 2.11. The Kier molecular flexibility index (Phi) is 4.33. The molecule has 0 saturated heterocycles. The second-order valence-corrected chi connectivity index (χ2v) is 4.72. The molecule has 0 saturated carbocycles. The summed E-state index contributed by atoms with van der Waals surface area (Å²) in [5.74, 6) is 1.91. The quantitative estimate of drug-likeness (QED) is 0.735. The van der Waals surface area contributed by atoms with Crippen molar-refractivity contribution in [1.29, 1.82) is 0 Å². The van der Waals surface area contributed by atoms with Crippen LogP contribution in [-0.2, 0) is 0 Å². The molecule has 1 heterocycles. The molecule has 0 bridgehead atoms. The molecular weight excluding hydrogens is 178 g/mol. The van der Waals surface area contributed by atoms with Gasteiger partial charge < -0.3 is 5.11 Å². The van der Waals surface area contributed by atoms with Crippen LogP contribution in [0.3, 0.4) is 0 Å². The highest BCUT2D eigenvalue weighted by atomic mass is 32.2. The molecule has 1 rings (SSSR count). The number of nitrogens with zero attached hydrogens (tertiary/aromatic N) is 1. The van der Waals surface area contributed by atoms with E-state index in [9.17, 15) is 5.11 Å². The van der Waals surface area contributed by atoms with Crippen LogP contribution in [0, 0.1) is 0 Å². The first-order valence-electron chi connectivity index (χ1n) is 3.81. The maximum atomic E-state index is 9.23. The van der Waals surface area contributed by atoms with E-state index < -0.39 is 0 Å². The van der Waals surface area contributed by atoms with E-state index in [1.165, 1.54) is 0 Å². The van der Waals surface area contributed by atoms with Gasteiger partial charge in [-0.05, 0) is 6.42 Å². The minimum atomic E-state index is -0.163. The fourth-order valence-corrected chi connectivity index (χ4v) is 2.77. The van der Waals surface area contributed by atoms with Crippen molar-refractivity contribution in [2.75, 3.05) is 18.1 Å². The molecule has 4 heteroatoms. The van der Waals surface area contributed by atoms with E-state index in [2.05, 4.69) is 4.99 Å². The van der Waals surface area contributed by atoms with E-state index in [-0.39, 0.29) is 6.10 Å². The van der Waals surface area contributed by atoms with Crippen LogP contribution >= 0.6 is 23.5 Å². The van der Waals surface area contributed by atoms with E-state index in [1.807, 2.05) is 6.92 Å². The van der Waals surface area contributed by atoms with Gasteiger partial charge in [-0.25, -0.2) is 0 Å². The van der Waals surface area contributed by atoms with Crippen LogP contribution in [0.4, 0.5) is 0 Å². The predicted octanol–water partition coefficient (Wildman–Crippen LogP) is 1.59. The first kappa shape index (κ1) is 9.42. The van der Waals surface area contributed by atoms with E-state index in [0.29, 0.717) is 0 Å². The molecule has 11 heavy (non-hydrogen) atoms. The third-order valence-electron chi connectivity index (χ3n) is 1.43. The van der Waals surface area contributed by atoms with Crippen LogP contribution < -0.4 is 0 Å². The van der Waals surface area contributed by atoms with Gasteiger partial charge in [0.05, 0.1) is 12.6 Å². The van der Waals surface area contributed by atoms with Crippen molar-refractivity contribution in [1.82, 2.24) is 0 Å². The summed E-state index contributed by atoms with van der Waals surface area (Å²) in [5, 5.41) is 9.23.